The van der Waals surface area contributed by atoms with Gasteiger partial charge in [-0.05, 0) is 51.1 Å². The van der Waals surface area contributed by atoms with Crippen LogP contribution in [-0.4, -0.2) is 24.5 Å². The molecule has 0 spiro atoms. The number of pyridine rings is 1. The summed E-state index contributed by atoms with van der Waals surface area (Å²) < 4.78 is 4.71. The first kappa shape index (κ1) is 17.0. The first-order valence-electron chi connectivity index (χ1n) is 8.79. The molecule has 0 saturated carbocycles. The lowest BCUT2D eigenvalue weighted by molar-refractivity contribution is 0.0965. The van der Waals surface area contributed by atoms with Crippen LogP contribution in [0.2, 0.25) is 0 Å². The number of fused-ring (bicyclic) bond motifs is 1. The Hall–Kier alpha value is -3.41. The SMILES string of the molecule is Cc1ccc(-n2c(C)cc(C(=O)Cn3nc4ccccn4c3=O)c2C)cc1. The van der Waals surface area contributed by atoms with E-state index in [4.69, 9.17) is 0 Å². The summed E-state index contributed by atoms with van der Waals surface area (Å²) in [4.78, 5) is 25.3. The third kappa shape index (κ3) is 2.89. The number of Topliss-reactive ketones (excluding diaryl/α,β-unsaturated/α-hetero) is 1. The van der Waals surface area contributed by atoms with Gasteiger partial charge in [0.25, 0.3) is 0 Å². The van der Waals surface area contributed by atoms with E-state index in [0.29, 0.717) is 11.2 Å². The quantitative estimate of drug-likeness (QED) is 0.526. The Bertz CT molecular complexity index is 1210. The van der Waals surface area contributed by atoms with Crippen molar-refractivity contribution in [2.45, 2.75) is 27.3 Å². The van der Waals surface area contributed by atoms with Crippen molar-refractivity contribution >= 4 is 11.4 Å². The van der Waals surface area contributed by atoms with E-state index in [2.05, 4.69) is 9.67 Å². The highest BCUT2D eigenvalue weighted by Crippen LogP contribution is 2.22. The summed E-state index contributed by atoms with van der Waals surface area (Å²) in [6, 6.07) is 15.4. The Balaban J connectivity index is 1.70. The van der Waals surface area contributed by atoms with E-state index in [1.54, 1.807) is 18.3 Å². The van der Waals surface area contributed by atoms with Gasteiger partial charge in [0.05, 0.1) is 0 Å². The molecule has 4 rings (SSSR count). The van der Waals surface area contributed by atoms with Gasteiger partial charge in [0, 0.05) is 28.8 Å². The molecule has 6 nitrogen and oxygen atoms in total. The maximum atomic E-state index is 12.9. The third-order valence-electron chi connectivity index (χ3n) is 4.81. The summed E-state index contributed by atoms with van der Waals surface area (Å²) in [5.74, 6) is -0.132. The number of benzene rings is 1. The molecule has 0 unspecified atom stereocenters. The Morgan fingerprint density at radius 2 is 1.78 bits per heavy atom. The number of aromatic nitrogens is 4. The minimum atomic E-state index is -0.314. The molecule has 1 aromatic carbocycles. The average Bonchev–Trinajstić information content (AvgIpc) is 3.13. The number of ketones is 1. The molecule has 6 heteroatoms. The minimum absolute atomic E-state index is 0.0846. The number of nitrogens with zero attached hydrogens (tertiary/aromatic N) is 4. The molecule has 3 heterocycles. The molecule has 0 radical (unpaired) electrons. The van der Waals surface area contributed by atoms with Gasteiger partial charge in [-0.2, -0.15) is 0 Å². The van der Waals surface area contributed by atoms with Crippen molar-refractivity contribution in [2.75, 3.05) is 0 Å². The van der Waals surface area contributed by atoms with Crippen molar-refractivity contribution in [3.8, 4) is 5.69 Å². The zero-order valence-corrected chi connectivity index (χ0v) is 15.5. The van der Waals surface area contributed by atoms with Gasteiger partial charge in [0.2, 0.25) is 0 Å². The van der Waals surface area contributed by atoms with Gasteiger partial charge >= 0.3 is 5.69 Å². The van der Waals surface area contributed by atoms with Crippen molar-refractivity contribution in [2.24, 2.45) is 0 Å². The maximum absolute atomic E-state index is 12.9. The van der Waals surface area contributed by atoms with Gasteiger partial charge in [-0.3, -0.25) is 9.20 Å². The summed E-state index contributed by atoms with van der Waals surface area (Å²) in [5, 5.41) is 4.24. The van der Waals surface area contributed by atoms with Crippen molar-refractivity contribution in [1.29, 1.82) is 0 Å². The third-order valence-corrected chi connectivity index (χ3v) is 4.81. The lowest BCUT2D eigenvalue weighted by Crippen LogP contribution is -2.25. The van der Waals surface area contributed by atoms with Crippen molar-refractivity contribution in [1.82, 2.24) is 18.7 Å². The van der Waals surface area contributed by atoms with Gasteiger partial charge in [-0.1, -0.05) is 23.8 Å². The highest BCUT2D eigenvalue weighted by molar-refractivity contribution is 5.97. The first-order chi connectivity index (χ1) is 13.0. The fraction of sp³-hybridized carbons (Fsp3) is 0.190. The topological polar surface area (TPSA) is 61.3 Å². The fourth-order valence-electron chi connectivity index (χ4n) is 3.43. The lowest BCUT2D eigenvalue weighted by Gasteiger charge is -2.10. The second-order valence-corrected chi connectivity index (χ2v) is 6.75. The number of carbonyl (C=O) groups excluding carboxylic acids is 1. The molecular weight excluding hydrogens is 340 g/mol. The van der Waals surface area contributed by atoms with Gasteiger partial charge in [0.15, 0.2) is 11.4 Å². The number of aryl methyl sites for hydroxylation is 2. The van der Waals surface area contributed by atoms with Crippen LogP contribution in [0.25, 0.3) is 11.3 Å². The number of carbonyl (C=O) groups is 1. The molecule has 4 aromatic rings. The van der Waals surface area contributed by atoms with Crippen LogP contribution in [0, 0.1) is 20.8 Å². The predicted octanol–water partition coefficient (Wildman–Crippen LogP) is 3.09. The standard InChI is InChI=1S/C21H20N4O2/c1-14-7-9-17(10-8-14)25-15(2)12-18(16(25)3)19(26)13-24-21(27)23-11-5-4-6-20(23)22-24/h4-12H,13H2,1-3H3. The molecule has 0 bridgehead atoms. The number of hydrogen-bond acceptors (Lipinski definition) is 3. The van der Waals surface area contributed by atoms with Crippen LogP contribution in [0.4, 0.5) is 0 Å². The Kier molecular flexibility index (Phi) is 4.03. The molecular formula is C21H20N4O2. The molecule has 3 aromatic heterocycles. The largest absolute Gasteiger partial charge is 0.350 e. The molecule has 0 saturated heterocycles. The van der Waals surface area contributed by atoms with Gasteiger partial charge in [-0.25, -0.2) is 9.48 Å². The highest BCUT2D eigenvalue weighted by atomic mass is 16.2. The molecule has 0 fully saturated rings. The summed E-state index contributed by atoms with van der Waals surface area (Å²) >= 11 is 0. The van der Waals surface area contributed by atoms with Gasteiger partial charge in [-0.15, -0.1) is 5.10 Å². The van der Waals surface area contributed by atoms with E-state index in [9.17, 15) is 9.59 Å². The summed E-state index contributed by atoms with van der Waals surface area (Å²) in [7, 11) is 0. The van der Waals surface area contributed by atoms with E-state index in [1.807, 2.05) is 57.2 Å². The van der Waals surface area contributed by atoms with Crippen molar-refractivity contribution < 1.29 is 4.79 Å². The van der Waals surface area contributed by atoms with Crippen LogP contribution in [0.15, 0.2) is 59.5 Å². The number of rotatable bonds is 4. The molecule has 0 amide bonds. The molecule has 27 heavy (non-hydrogen) atoms. The van der Waals surface area contributed by atoms with Crippen LogP contribution < -0.4 is 5.69 Å². The van der Waals surface area contributed by atoms with E-state index in [1.165, 1.54) is 14.6 Å². The Morgan fingerprint density at radius 1 is 1.04 bits per heavy atom. The monoisotopic (exact) mass is 360 g/mol. The molecule has 0 aliphatic rings. The zero-order valence-electron chi connectivity index (χ0n) is 15.5. The zero-order chi connectivity index (χ0) is 19.1. The van der Waals surface area contributed by atoms with E-state index in [0.717, 1.165) is 17.1 Å². The lowest BCUT2D eigenvalue weighted by atomic mass is 10.1. The second-order valence-electron chi connectivity index (χ2n) is 6.75. The average molecular weight is 360 g/mol. The van der Waals surface area contributed by atoms with Crippen LogP contribution >= 0.6 is 0 Å². The molecule has 0 atom stereocenters. The molecule has 0 N–H and O–H groups in total. The normalized spacial score (nSPS) is 11.2. The second kappa shape index (κ2) is 6.39. The van der Waals surface area contributed by atoms with Gasteiger partial charge in [0.1, 0.15) is 6.54 Å². The highest BCUT2D eigenvalue weighted by Gasteiger charge is 2.19. The molecule has 0 aliphatic heterocycles. The first-order valence-corrected chi connectivity index (χ1v) is 8.79. The predicted molar refractivity (Wildman–Crippen MR) is 104 cm³/mol. The minimum Gasteiger partial charge on any atom is -0.318 e. The van der Waals surface area contributed by atoms with E-state index >= 15 is 0 Å². The fourth-order valence-corrected chi connectivity index (χ4v) is 3.43. The number of hydrogen-bond donors (Lipinski definition) is 0. The Morgan fingerprint density at radius 3 is 2.48 bits per heavy atom. The summed E-state index contributed by atoms with van der Waals surface area (Å²) in [6.45, 7) is 5.85. The van der Waals surface area contributed by atoms with Crippen LogP contribution in [-0.2, 0) is 6.54 Å². The molecule has 0 aliphatic carbocycles. The smallest absolute Gasteiger partial charge is 0.318 e. The van der Waals surface area contributed by atoms with Crippen molar-refractivity contribution in [3.05, 3.63) is 87.7 Å². The van der Waals surface area contributed by atoms with Gasteiger partial charge < -0.3 is 4.57 Å². The maximum Gasteiger partial charge on any atom is 0.350 e. The van der Waals surface area contributed by atoms with E-state index in [-0.39, 0.29) is 18.0 Å². The summed E-state index contributed by atoms with van der Waals surface area (Å²) in [6.07, 6.45) is 1.65. The van der Waals surface area contributed by atoms with Crippen LogP contribution in [0.1, 0.15) is 27.3 Å². The van der Waals surface area contributed by atoms with Crippen molar-refractivity contribution in [3.63, 3.8) is 0 Å². The van der Waals surface area contributed by atoms with Crippen LogP contribution in [0.5, 0.6) is 0 Å². The van der Waals surface area contributed by atoms with E-state index < -0.39 is 0 Å². The molecule has 136 valence electrons. The van der Waals surface area contributed by atoms with Crippen LogP contribution in [0.3, 0.4) is 0 Å². The summed E-state index contributed by atoms with van der Waals surface area (Å²) in [5.41, 5.74) is 4.85. The Labute approximate surface area is 156 Å².